The second-order valence-corrected chi connectivity index (χ2v) is 7.92. The van der Waals surface area contributed by atoms with Gasteiger partial charge in [0.25, 0.3) is 0 Å². The molecular weight excluding hydrogens is 547 g/mol. The molecule has 0 bridgehead atoms. The number of rotatable bonds is 8. The summed E-state index contributed by atoms with van der Waals surface area (Å²) in [5.41, 5.74) is 1.24. The molecule has 2 heterocycles. The Bertz CT molecular complexity index is 761. The van der Waals surface area contributed by atoms with Crippen LogP contribution in [-0.2, 0) is 24.2 Å². The summed E-state index contributed by atoms with van der Waals surface area (Å²) in [6.45, 7) is 6.00. The van der Waals surface area contributed by atoms with E-state index in [2.05, 4.69) is 79.1 Å². The van der Waals surface area contributed by atoms with E-state index in [-0.39, 0.29) is 30.1 Å². The average molecular weight is 577 g/mol. The van der Waals surface area contributed by atoms with E-state index in [1.54, 1.807) is 6.33 Å². The number of ether oxygens (including phenoxy) is 1. The van der Waals surface area contributed by atoms with Crippen molar-refractivity contribution in [2.75, 3.05) is 26.7 Å². The summed E-state index contributed by atoms with van der Waals surface area (Å²) in [5, 5.41) is 11.6. The largest absolute Gasteiger partial charge is 0.376 e. The number of aliphatic imine (C=N–C) groups is 1. The van der Waals surface area contributed by atoms with Crippen molar-refractivity contribution < 1.29 is 4.74 Å². The zero-order chi connectivity index (χ0) is 19.8. The van der Waals surface area contributed by atoms with Crippen molar-refractivity contribution in [3.05, 3.63) is 46.5 Å². The Hall–Kier alpha value is -1.20. The van der Waals surface area contributed by atoms with Crippen LogP contribution in [0.4, 0.5) is 0 Å². The van der Waals surface area contributed by atoms with Crippen LogP contribution in [0, 0.1) is 0 Å². The van der Waals surface area contributed by atoms with Gasteiger partial charge in [-0.15, -0.1) is 34.2 Å². The molecule has 3 rings (SSSR count). The Kier molecular flexibility index (Phi) is 10.4. The summed E-state index contributed by atoms with van der Waals surface area (Å²) < 4.78 is 8.90. The molecule has 1 N–H and O–H groups in total. The molecule has 1 unspecified atom stereocenters. The molecule has 0 spiro atoms. The van der Waals surface area contributed by atoms with Crippen molar-refractivity contribution in [1.82, 2.24) is 25.0 Å². The number of nitrogens with zero attached hydrogens (tertiary/aromatic N) is 5. The van der Waals surface area contributed by atoms with Crippen LogP contribution in [-0.4, -0.2) is 58.5 Å². The van der Waals surface area contributed by atoms with Gasteiger partial charge in [-0.05, 0) is 30.5 Å². The van der Waals surface area contributed by atoms with Crippen molar-refractivity contribution in [1.29, 1.82) is 0 Å². The predicted molar refractivity (Wildman–Crippen MR) is 130 cm³/mol. The van der Waals surface area contributed by atoms with E-state index >= 15 is 0 Å². The monoisotopic (exact) mass is 576 g/mol. The van der Waals surface area contributed by atoms with Crippen molar-refractivity contribution >= 4 is 45.9 Å². The van der Waals surface area contributed by atoms with Gasteiger partial charge < -0.3 is 19.5 Å². The number of benzene rings is 1. The molecule has 7 nitrogen and oxygen atoms in total. The second kappa shape index (κ2) is 12.5. The van der Waals surface area contributed by atoms with Crippen LogP contribution in [0.25, 0.3) is 0 Å². The molecule has 0 saturated carbocycles. The fourth-order valence-electron chi connectivity index (χ4n) is 3.25. The Balaban J connectivity index is 0.00000300. The first-order chi connectivity index (χ1) is 13.7. The SMILES string of the molecule is CCc1nncn1CCNC(=NCC1CCCO1)N(C)Cc1ccc(Br)cc1.I. The Morgan fingerprint density at radius 1 is 1.38 bits per heavy atom. The van der Waals surface area contributed by atoms with Gasteiger partial charge in [-0.2, -0.15) is 0 Å². The number of halogens is 2. The molecule has 1 aromatic carbocycles. The van der Waals surface area contributed by atoms with Crippen LogP contribution >= 0.6 is 39.9 Å². The smallest absolute Gasteiger partial charge is 0.194 e. The minimum Gasteiger partial charge on any atom is -0.376 e. The molecule has 0 amide bonds. The molecule has 1 atom stereocenters. The lowest BCUT2D eigenvalue weighted by molar-refractivity contribution is 0.117. The highest BCUT2D eigenvalue weighted by atomic mass is 127. The molecule has 1 aromatic heterocycles. The summed E-state index contributed by atoms with van der Waals surface area (Å²) in [7, 11) is 2.07. The summed E-state index contributed by atoms with van der Waals surface area (Å²) in [6, 6.07) is 8.39. The average Bonchev–Trinajstić information content (AvgIpc) is 3.37. The topological polar surface area (TPSA) is 67.6 Å². The van der Waals surface area contributed by atoms with Crippen LogP contribution in [0.5, 0.6) is 0 Å². The third-order valence-electron chi connectivity index (χ3n) is 4.81. The molecule has 160 valence electrons. The van der Waals surface area contributed by atoms with Crippen LogP contribution < -0.4 is 5.32 Å². The van der Waals surface area contributed by atoms with Gasteiger partial charge in [0, 0.05) is 44.2 Å². The van der Waals surface area contributed by atoms with Gasteiger partial charge in [0.1, 0.15) is 12.2 Å². The number of hydrogen-bond donors (Lipinski definition) is 1. The fraction of sp³-hybridized carbons (Fsp3) is 0.550. The lowest BCUT2D eigenvalue weighted by Gasteiger charge is -2.23. The van der Waals surface area contributed by atoms with Gasteiger partial charge in [-0.1, -0.05) is 35.0 Å². The molecule has 1 aliphatic heterocycles. The maximum Gasteiger partial charge on any atom is 0.194 e. The van der Waals surface area contributed by atoms with E-state index in [4.69, 9.17) is 9.73 Å². The quantitative estimate of drug-likeness (QED) is 0.296. The molecule has 2 aromatic rings. The maximum absolute atomic E-state index is 5.73. The van der Waals surface area contributed by atoms with Gasteiger partial charge in [-0.25, -0.2) is 0 Å². The summed E-state index contributed by atoms with van der Waals surface area (Å²) in [5.74, 6) is 1.90. The highest BCUT2D eigenvalue weighted by molar-refractivity contribution is 14.0. The summed E-state index contributed by atoms with van der Waals surface area (Å²) in [6.07, 6.45) is 5.12. The third kappa shape index (κ3) is 7.53. The van der Waals surface area contributed by atoms with Crippen LogP contribution in [0.1, 0.15) is 31.2 Å². The minimum atomic E-state index is 0. The number of aromatic nitrogens is 3. The summed E-state index contributed by atoms with van der Waals surface area (Å²) >= 11 is 3.49. The predicted octanol–water partition coefficient (Wildman–Crippen LogP) is 3.48. The molecule has 1 fully saturated rings. The highest BCUT2D eigenvalue weighted by Crippen LogP contribution is 2.13. The molecule has 0 aliphatic carbocycles. The lowest BCUT2D eigenvalue weighted by Crippen LogP contribution is -2.40. The fourth-order valence-corrected chi connectivity index (χ4v) is 3.52. The van der Waals surface area contributed by atoms with Gasteiger partial charge >= 0.3 is 0 Å². The van der Waals surface area contributed by atoms with E-state index in [1.165, 1.54) is 5.56 Å². The van der Waals surface area contributed by atoms with Crippen molar-refractivity contribution in [2.45, 2.75) is 45.4 Å². The van der Waals surface area contributed by atoms with Crippen LogP contribution in [0.15, 0.2) is 40.1 Å². The minimum absolute atomic E-state index is 0. The standard InChI is InChI=1S/C20H29BrN6O.HI/c1-3-19-25-24-15-27(19)11-10-22-20(23-13-18-5-4-12-28-18)26(2)14-16-6-8-17(21)9-7-16;/h6-9,15,18H,3-5,10-14H2,1-2H3,(H,22,23);1H. The van der Waals surface area contributed by atoms with Gasteiger partial charge in [-0.3, -0.25) is 4.99 Å². The highest BCUT2D eigenvalue weighted by Gasteiger charge is 2.16. The van der Waals surface area contributed by atoms with Crippen molar-refractivity contribution in [3.63, 3.8) is 0 Å². The number of hydrogen-bond acceptors (Lipinski definition) is 4. The van der Waals surface area contributed by atoms with E-state index in [0.29, 0.717) is 6.54 Å². The molecule has 1 aliphatic rings. The number of aryl methyl sites for hydroxylation is 1. The Morgan fingerprint density at radius 2 is 2.17 bits per heavy atom. The third-order valence-corrected chi connectivity index (χ3v) is 5.34. The first kappa shape index (κ1) is 24.1. The normalized spacial score (nSPS) is 16.5. The van der Waals surface area contributed by atoms with E-state index < -0.39 is 0 Å². The molecule has 1 saturated heterocycles. The lowest BCUT2D eigenvalue weighted by atomic mass is 10.2. The zero-order valence-corrected chi connectivity index (χ0v) is 21.0. The van der Waals surface area contributed by atoms with E-state index in [9.17, 15) is 0 Å². The summed E-state index contributed by atoms with van der Waals surface area (Å²) in [4.78, 5) is 7.00. The van der Waals surface area contributed by atoms with Gasteiger partial charge in [0.05, 0.1) is 12.6 Å². The number of nitrogens with one attached hydrogen (secondary N) is 1. The van der Waals surface area contributed by atoms with Crippen LogP contribution in [0.2, 0.25) is 0 Å². The zero-order valence-electron chi connectivity index (χ0n) is 17.1. The molecule has 0 radical (unpaired) electrons. The van der Waals surface area contributed by atoms with E-state index in [0.717, 1.165) is 61.8 Å². The van der Waals surface area contributed by atoms with Crippen LogP contribution in [0.3, 0.4) is 0 Å². The van der Waals surface area contributed by atoms with Crippen molar-refractivity contribution in [3.8, 4) is 0 Å². The number of guanidine groups is 1. The maximum atomic E-state index is 5.73. The second-order valence-electron chi connectivity index (χ2n) is 7.00. The first-order valence-electron chi connectivity index (χ1n) is 9.88. The van der Waals surface area contributed by atoms with Crippen molar-refractivity contribution in [2.24, 2.45) is 4.99 Å². The van der Waals surface area contributed by atoms with Gasteiger partial charge in [0.15, 0.2) is 5.96 Å². The molecule has 29 heavy (non-hydrogen) atoms. The molecular formula is C20H30BrIN6O. The first-order valence-corrected chi connectivity index (χ1v) is 10.7. The Labute approximate surface area is 198 Å². The van der Waals surface area contributed by atoms with Gasteiger partial charge in [0.2, 0.25) is 0 Å². The Morgan fingerprint density at radius 3 is 2.86 bits per heavy atom. The van der Waals surface area contributed by atoms with E-state index in [1.807, 2.05) is 0 Å². The molecule has 9 heteroatoms.